The Labute approximate surface area is 200 Å². The van der Waals surface area contributed by atoms with E-state index in [1.807, 2.05) is 25.7 Å². The number of aromatic nitrogens is 4. The van der Waals surface area contributed by atoms with Crippen molar-refractivity contribution >= 4 is 17.6 Å². The first-order valence-corrected chi connectivity index (χ1v) is 11.6. The molecule has 0 aromatic carbocycles. The molecule has 0 radical (unpaired) electrons. The van der Waals surface area contributed by atoms with Gasteiger partial charge in [0.25, 0.3) is 0 Å². The Morgan fingerprint density at radius 1 is 1.06 bits per heavy atom. The molecule has 11 heteroatoms. The number of rotatable bonds is 2. The average molecular weight is 489 g/mol. The normalized spacial score (nSPS) is 20.9. The number of carbonyl (C=O) groups is 1. The molecule has 3 aromatic rings. The molecule has 0 aliphatic carbocycles. The van der Waals surface area contributed by atoms with Crippen LogP contribution in [0.25, 0.3) is 17.2 Å². The number of piperidine rings is 1. The summed E-state index contributed by atoms with van der Waals surface area (Å²) in [5.74, 6) is 0.951. The van der Waals surface area contributed by atoms with Gasteiger partial charge in [0.15, 0.2) is 5.82 Å². The number of halogens is 3. The highest BCUT2D eigenvalue weighted by Crippen LogP contribution is 2.33. The van der Waals surface area contributed by atoms with E-state index in [1.54, 1.807) is 12.3 Å². The molecule has 2 unspecified atom stereocenters. The molecule has 2 aliphatic rings. The van der Waals surface area contributed by atoms with Gasteiger partial charge in [0.2, 0.25) is 0 Å². The summed E-state index contributed by atoms with van der Waals surface area (Å²) in [5.41, 5.74) is -0.584. The van der Waals surface area contributed by atoms with E-state index in [9.17, 15) is 18.0 Å². The van der Waals surface area contributed by atoms with E-state index in [1.165, 1.54) is 16.7 Å². The third kappa shape index (κ3) is 4.63. The lowest BCUT2D eigenvalue weighted by atomic mass is 9.91. The minimum Gasteiger partial charge on any atom is -0.444 e. The van der Waals surface area contributed by atoms with Crippen molar-refractivity contribution in [2.24, 2.45) is 0 Å². The first-order chi connectivity index (χ1) is 16.5. The molecule has 0 N–H and O–H groups in total. The van der Waals surface area contributed by atoms with Crippen LogP contribution in [0.2, 0.25) is 0 Å². The molecule has 186 valence electrons. The number of pyridine rings is 1. The fourth-order valence-electron chi connectivity index (χ4n) is 4.87. The Morgan fingerprint density at radius 3 is 2.43 bits per heavy atom. The van der Waals surface area contributed by atoms with Crippen molar-refractivity contribution in [3.8, 4) is 11.5 Å². The summed E-state index contributed by atoms with van der Waals surface area (Å²) in [6.07, 6.45) is 2.11. The van der Waals surface area contributed by atoms with Crippen LogP contribution in [-0.2, 0) is 10.9 Å². The highest BCUT2D eigenvalue weighted by molar-refractivity contribution is 5.70. The predicted octanol–water partition coefficient (Wildman–Crippen LogP) is 4.79. The molecule has 2 bridgehead atoms. The zero-order chi connectivity index (χ0) is 25.0. The molecule has 1 amide bonds. The van der Waals surface area contributed by atoms with E-state index in [2.05, 4.69) is 19.9 Å². The Hall–Kier alpha value is -3.37. The molecule has 2 atom stereocenters. The number of anilines is 1. The van der Waals surface area contributed by atoms with Crippen LogP contribution < -0.4 is 4.90 Å². The van der Waals surface area contributed by atoms with Crippen LogP contribution in [0.4, 0.5) is 23.8 Å². The number of ether oxygens (including phenoxy) is 1. The fraction of sp³-hybridized carbons (Fsp3) is 0.500. The molecule has 2 saturated heterocycles. The SMILES string of the molecule is CC(C)(C)OC(=O)N1C2CCCC1CN(c1ccnc(-c3cnc4ccc(C(F)(F)F)cn34)n1)C2. The fourth-order valence-corrected chi connectivity index (χ4v) is 4.87. The third-order valence-electron chi connectivity index (χ3n) is 6.35. The smallest absolute Gasteiger partial charge is 0.417 e. The van der Waals surface area contributed by atoms with Crippen molar-refractivity contribution in [1.29, 1.82) is 0 Å². The van der Waals surface area contributed by atoms with Crippen molar-refractivity contribution < 1.29 is 22.7 Å². The van der Waals surface area contributed by atoms with Crippen molar-refractivity contribution in [1.82, 2.24) is 24.3 Å². The van der Waals surface area contributed by atoms with Crippen LogP contribution >= 0.6 is 0 Å². The maximum atomic E-state index is 13.2. The number of fused-ring (bicyclic) bond motifs is 3. The molecule has 5 rings (SSSR count). The number of amides is 1. The molecule has 2 aliphatic heterocycles. The van der Waals surface area contributed by atoms with Gasteiger partial charge in [0, 0.05) is 25.5 Å². The maximum Gasteiger partial charge on any atom is 0.417 e. The van der Waals surface area contributed by atoms with E-state index >= 15 is 0 Å². The first-order valence-electron chi connectivity index (χ1n) is 11.6. The predicted molar refractivity (Wildman–Crippen MR) is 123 cm³/mol. The zero-order valence-corrected chi connectivity index (χ0v) is 19.8. The van der Waals surface area contributed by atoms with Crippen LogP contribution in [-0.4, -0.2) is 61.1 Å². The highest BCUT2D eigenvalue weighted by atomic mass is 19.4. The van der Waals surface area contributed by atoms with Gasteiger partial charge < -0.3 is 9.64 Å². The quantitative estimate of drug-likeness (QED) is 0.517. The number of alkyl halides is 3. The lowest BCUT2D eigenvalue weighted by Gasteiger charge is -2.50. The van der Waals surface area contributed by atoms with Gasteiger partial charge in [-0.1, -0.05) is 0 Å². The summed E-state index contributed by atoms with van der Waals surface area (Å²) in [5, 5.41) is 0. The van der Waals surface area contributed by atoms with E-state index in [-0.39, 0.29) is 24.0 Å². The molecule has 3 aromatic heterocycles. The number of imidazole rings is 1. The van der Waals surface area contributed by atoms with Gasteiger partial charge in [-0.05, 0) is 58.2 Å². The van der Waals surface area contributed by atoms with Crippen LogP contribution in [0.1, 0.15) is 45.6 Å². The maximum absolute atomic E-state index is 13.2. The zero-order valence-electron chi connectivity index (χ0n) is 19.8. The topological polar surface area (TPSA) is 75.9 Å². The minimum atomic E-state index is -4.47. The summed E-state index contributed by atoms with van der Waals surface area (Å²) >= 11 is 0. The highest BCUT2D eigenvalue weighted by Gasteiger charge is 2.42. The first kappa shape index (κ1) is 23.4. The number of nitrogens with zero attached hydrogens (tertiary/aromatic N) is 6. The number of hydrogen-bond acceptors (Lipinski definition) is 6. The Bertz CT molecular complexity index is 1240. The molecule has 0 spiro atoms. The van der Waals surface area contributed by atoms with Gasteiger partial charge >= 0.3 is 12.3 Å². The average Bonchev–Trinajstić information content (AvgIpc) is 3.20. The summed E-state index contributed by atoms with van der Waals surface area (Å²) in [4.78, 5) is 30.1. The van der Waals surface area contributed by atoms with Crippen LogP contribution in [0, 0.1) is 0 Å². The van der Waals surface area contributed by atoms with E-state index in [4.69, 9.17) is 4.74 Å². The molecule has 35 heavy (non-hydrogen) atoms. The van der Waals surface area contributed by atoms with E-state index < -0.39 is 17.3 Å². The Kier molecular flexibility index (Phi) is 5.60. The number of piperazine rings is 1. The summed E-state index contributed by atoms with van der Waals surface area (Å²) < 4.78 is 46.7. The second-order valence-corrected chi connectivity index (χ2v) is 10.1. The minimum absolute atomic E-state index is 0.000839. The van der Waals surface area contributed by atoms with Gasteiger partial charge in [-0.2, -0.15) is 13.2 Å². The molecule has 0 saturated carbocycles. The molecule has 8 nitrogen and oxygen atoms in total. The third-order valence-corrected chi connectivity index (χ3v) is 6.35. The van der Waals surface area contributed by atoms with Gasteiger partial charge in [-0.25, -0.2) is 19.7 Å². The molecule has 5 heterocycles. The lowest BCUT2D eigenvalue weighted by molar-refractivity contribution is -0.137. The van der Waals surface area contributed by atoms with Crippen molar-refractivity contribution in [2.75, 3.05) is 18.0 Å². The van der Waals surface area contributed by atoms with Gasteiger partial charge in [0.05, 0.1) is 23.8 Å². The van der Waals surface area contributed by atoms with E-state index in [0.29, 0.717) is 30.2 Å². The molecule has 2 fully saturated rings. The monoisotopic (exact) mass is 488 g/mol. The van der Waals surface area contributed by atoms with Crippen LogP contribution in [0.5, 0.6) is 0 Å². The van der Waals surface area contributed by atoms with E-state index in [0.717, 1.165) is 31.5 Å². The number of carbonyl (C=O) groups excluding carboxylic acids is 1. The van der Waals surface area contributed by atoms with Crippen LogP contribution in [0.15, 0.2) is 36.8 Å². The Balaban J connectivity index is 1.42. The Morgan fingerprint density at radius 2 is 1.77 bits per heavy atom. The second kappa shape index (κ2) is 8.39. The largest absolute Gasteiger partial charge is 0.444 e. The molecular weight excluding hydrogens is 461 g/mol. The van der Waals surface area contributed by atoms with Gasteiger partial charge in [0.1, 0.15) is 22.8 Å². The molecular formula is C24H27F3N6O2. The van der Waals surface area contributed by atoms with Gasteiger partial charge in [-0.3, -0.25) is 9.30 Å². The summed E-state index contributed by atoms with van der Waals surface area (Å²) in [6.45, 7) is 6.76. The number of hydrogen-bond donors (Lipinski definition) is 0. The summed E-state index contributed by atoms with van der Waals surface area (Å²) in [7, 11) is 0. The van der Waals surface area contributed by atoms with Crippen molar-refractivity contribution in [2.45, 2.75) is 63.9 Å². The second-order valence-electron chi connectivity index (χ2n) is 10.1. The summed E-state index contributed by atoms with van der Waals surface area (Å²) in [6, 6.07) is 4.12. The standard InChI is InChI=1S/C24H27F3N6O2/c1-23(2,3)35-22(34)33-16-5-4-6-17(33)14-31(13-16)20-9-10-28-21(30-20)18-11-29-19-8-7-15(12-32(18)19)24(25,26)27/h7-12,16-17H,4-6,13-14H2,1-3H3. The van der Waals surface area contributed by atoms with Crippen molar-refractivity contribution in [3.63, 3.8) is 0 Å². The van der Waals surface area contributed by atoms with Gasteiger partial charge in [-0.15, -0.1) is 0 Å². The van der Waals surface area contributed by atoms with Crippen LogP contribution in [0.3, 0.4) is 0 Å². The lowest BCUT2D eigenvalue weighted by Crippen LogP contribution is -2.63. The van der Waals surface area contributed by atoms with Crippen molar-refractivity contribution in [3.05, 3.63) is 42.4 Å².